The van der Waals surface area contributed by atoms with Gasteiger partial charge in [0.25, 0.3) is 0 Å². The van der Waals surface area contributed by atoms with Crippen LogP contribution in [0.25, 0.3) is 0 Å². The second-order valence-electron chi connectivity index (χ2n) is 1.28. The minimum absolute atomic E-state index is 0.433. The minimum Gasteiger partial charge on any atom is -0.140 e. The highest BCUT2D eigenvalue weighted by Gasteiger charge is 1.99. The van der Waals surface area contributed by atoms with Gasteiger partial charge in [-0.25, -0.2) is 0 Å². The lowest BCUT2D eigenvalue weighted by molar-refractivity contribution is 2.33. The van der Waals surface area contributed by atoms with Gasteiger partial charge in [0.1, 0.15) is 0 Å². The van der Waals surface area contributed by atoms with Crippen molar-refractivity contribution < 1.29 is 0 Å². The summed E-state index contributed by atoms with van der Waals surface area (Å²) in [6, 6.07) is 0. The maximum Gasteiger partial charge on any atom is -0.00868 e. The van der Waals surface area contributed by atoms with Crippen molar-refractivity contribution in [1.82, 2.24) is 0 Å². The number of rotatable bonds is 1. The Balaban J connectivity index is 3.17. The SMILES string of the molecule is CSS(C)(C)Br. The molecular formula is C3H9BrS2. The van der Waals surface area contributed by atoms with Gasteiger partial charge >= 0.3 is 0 Å². The Morgan fingerprint density at radius 1 is 1.50 bits per heavy atom. The second kappa shape index (κ2) is 2.48. The molecule has 0 fully saturated rings. The zero-order chi connectivity index (χ0) is 5.21. The fourth-order valence-corrected chi connectivity index (χ4v) is 0. The van der Waals surface area contributed by atoms with E-state index in [1.807, 2.05) is 10.8 Å². The lowest BCUT2D eigenvalue weighted by atomic mass is 11.9. The van der Waals surface area contributed by atoms with Crippen LogP contribution < -0.4 is 0 Å². The van der Waals surface area contributed by atoms with Crippen molar-refractivity contribution in [2.24, 2.45) is 0 Å². The lowest BCUT2D eigenvalue weighted by Gasteiger charge is -2.16. The van der Waals surface area contributed by atoms with Crippen molar-refractivity contribution in [3.63, 3.8) is 0 Å². The molecule has 0 N–H and O–H groups in total. The van der Waals surface area contributed by atoms with E-state index in [1.165, 1.54) is 0 Å². The van der Waals surface area contributed by atoms with Gasteiger partial charge in [0, 0.05) is 0 Å². The topological polar surface area (TPSA) is 0 Å². The largest absolute Gasteiger partial charge is 0.140 e. The first kappa shape index (κ1) is 7.18. The lowest BCUT2D eigenvalue weighted by Crippen LogP contribution is -1.69. The van der Waals surface area contributed by atoms with Crippen molar-refractivity contribution in [3.8, 4) is 0 Å². The molecule has 40 valence electrons. The van der Waals surface area contributed by atoms with Gasteiger partial charge in [0.05, 0.1) is 0 Å². The second-order valence-corrected chi connectivity index (χ2v) is 13.5. The summed E-state index contributed by atoms with van der Waals surface area (Å²) in [6.45, 7) is 0. The van der Waals surface area contributed by atoms with Gasteiger partial charge in [0.15, 0.2) is 0 Å². The van der Waals surface area contributed by atoms with Crippen LogP contribution in [-0.2, 0) is 0 Å². The van der Waals surface area contributed by atoms with Crippen LogP contribution in [0.3, 0.4) is 0 Å². The summed E-state index contributed by atoms with van der Waals surface area (Å²) < 4.78 is 0. The predicted octanol–water partition coefficient (Wildman–Crippen LogP) is 2.64. The molecule has 3 heteroatoms. The Hall–Kier alpha value is 1.18. The average Bonchev–Trinajstić information content (AvgIpc) is 1.35. The molecule has 0 spiro atoms. The zero-order valence-corrected chi connectivity index (χ0v) is 7.41. The Morgan fingerprint density at radius 3 is 1.67 bits per heavy atom. The standard InChI is InChI=1S/C3H9BrS2/c1-5-6(2,3)4/h1-3H3. The third-order valence-corrected chi connectivity index (χ3v) is 5.95. The van der Waals surface area contributed by atoms with E-state index < -0.39 is 7.49 Å². The fourth-order valence-electron chi connectivity index (χ4n) is 0. The first-order valence-electron chi connectivity index (χ1n) is 1.55. The van der Waals surface area contributed by atoms with Crippen molar-refractivity contribution in [2.75, 3.05) is 18.8 Å². The molecule has 0 amide bonds. The van der Waals surface area contributed by atoms with E-state index >= 15 is 0 Å². The Labute approximate surface area is 52.0 Å². The Morgan fingerprint density at radius 2 is 1.67 bits per heavy atom. The normalized spacial score (nSPS) is 14.7. The molecule has 0 heterocycles. The number of hydrogen-bond donors (Lipinski definition) is 0. The molecule has 0 unspecified atom stereocenters. The zero-order valence-electron chi connectivity index (χ0n) is 4.19. The monoisotopic (exact) mass is 188 g/mol. The van der Waals surface area contributed by atoms with Crippen LogP contribution in [0.15, 0.2) is 0 Å². The van der Waals surface area contributed by atoms with Crippen LogP contribution in [-0.4, -0.2) is 18.8 Å². The van der Waals surface area contributed by atoms with E-state index in [1.54, 1.807) is 0 Å². The average molecular weight is 189 g/mol. The van der Waals surface area contributed by atoms with E-state index in [4.69, 9.17) is 0 Å². The van der Waals surface area contributed by atoms with E-state index in [-0.39, 0.29) is 0 Å². The smallest absolute Gasteiger partial charge is 0.00868 e. The highest BCUT2D eigenvalue weighted by Crippen LogP contribution is 2.58. The van der Waals surface area contributed by atoms with Gasteiger partial charge < -0.3 is 0 Å². The summed E-state index contributed by atoms with van der Waals surface area (Å²) in [7, 11) is 1.45. The Bertz CT molecular complexity index is 38.5. The summed E-state index contributed by atoms with van der Waals surface area (Å²) in [5.74, 6) is 0. The quantitative estimate of drug-likeness (QED) is 0.571. The molecule has 0 bridgehead atoms. The first-order chi connectivity index (χ1) is 2.56. The van der Waals surface area contributed by atoms with Gasteiger partial charge in [-0.2, -0.15) is 0 Å². The van der Waals surface area contributed by atoms with Crippen molar-refractivity contribution in [3.05, 3.63) is 0 Å². The van der Waals surface area contributed by atoms with E-state index in [0.29, 0.717) is 0 Å². The fraction of sp³-hybridized carbons (Fsp3) is 1.00. The molecule has 0 radical (unpaired) electrons. The van der Waals surface area contributed by atoms with Crippen LogP contribution in [0.5, 0.6) is 0 Å². The third kappa shape index (κ3) is 5.18. The van der Waals surface area contributed by atoms with Gasteiger partial charge in [-0.3, -0.25) is 0 Å². The number of halogens is 1. The highest BCUT2D eigenvalue weighted by atomic mass is 79.9. The first-order valence-corrected chi connectivity index (χ1v) is 7.58. The van der Waals surface area contributed by atoms with Crippen molar-refractivity contribution >= 4 is 33.1 Å². The molecule has 0 aromatic heterocycles. The van der Waals surface area contributed by atoms with E-state index in [9.17, 15) is 0 Å². The van der Waals surface area contributed by atoms with Gasteiger partial charge in [-0.1, -0.05) is 0 Å². The summed E-state index contributed by atoms with van der Waals surface area (Å²) in [4.78, 5) is 0. The summed E-state index contributed by atoms with van der Waals surface area (Å²) >= 11 is 3.52. The summed E-state index contributed by atoms with van der Waals surface area (Å²) in [6.07, 6.45) is 6.53. The van der Waals surface area contributed by atoms with E-state index in [0.717, 1.165) is 0 Å². The van der Waals surface area contributed by atoms with Crippen molar-refractivity contribution in [1.29, 1.82) is 0 Å². The van der Waals surface area contributed by atoms with Crippen LogP contribution in [0, 0.1) is 0 Å². The molecule has 0 saturated carbocycles. The minimum atomic E-state index is -0.433. The molecule has 0 aliphatic heterocycles. The molecule has 0 aromatic rings. The Kier molecular flexibility index (Phi) is 2.97. The summed E-state index contributed by atoms with van der Waals surface area (Å²) in [5.41, 5.74) is 0. The van der Waals surface area contributed by atoms with Crippen LogP contribution in [0.4, 0.5) is 0 Å². The van der Waals surface area contributed by atoms with E-state index in [2.05, 4.69) is 33.6 Å². The van der Waals surface area contributed by atoms with Crippen LogP contribution >= 0.6 is 33.1 Å². The molecule has 0 aromatic carbocycles. The summed E-state index contributed by atoms with van der Waals surface area (Å²) in [5, 5.41) is 0. The van der Waals surface area contributed by atoms with Crippen LogP contribution in [0.1, 0.15) is 0 Å². The maximum atomic E-state index is 3.52. The van der Waals surface area contributed by atoms with Gasteiger partial charge in [-0.15, -0.1) is 18.3 Å². The van der Waals surface area contributed by atoms with Crippen molar-refractivity contribution in [2.45, 2.75) is 0 Å². The van der Waals surface area contributed by atoms with Crippen LogP contribution in [0.2, 0.25) is 0 Å². The molecule has 0 atom stereocenters. The molecule has 0 aliphatic rings. The highest BCUT2D eigenvalue weighted by molar-refractivity contribution is 9.69. The molecular weight excluding hydrogens is 180 g/mol. The molecule has 0 rings (SSSR count). The van der Waals surface area contributed by atoms with Gasteiger partial charge in [-0.05, 0) is 33.6 Å². The molecule has 6 heavy (non-hydrogen) atoms. The third-order valence-electron chi connectivity index (χ3n) is 0.396. The van der Waals surface area contributed by atoms with Gasteiger partial charge in [0.2, 0.25) is 0 Å². The molecule has 0 nitrogen and oxygen atoms in total. The molecule has 0 saturated heterocycles. The predicted molar refractivity (Wildman–Crippen MR) is 41.9 cm³/mol. The maximum absolute atomic E-state index is 3.52. The number of hydrogen-bond acceptors (Lipinski definition) is 1. The molecule has 0 aliphatic carbocycles.